The number of urea groups is 1. The average Bonchev–Trinajstić information content (AvgIpc) is 3.48. The molecule has 2 aromatic heterocycles. The number of fused-ring (bicyclic) bond motifs is 5. The highest BCUT2D eigenvalue weighted by Gasteiger charge is 2.36. The van der Waals surface area contributed by atoms with Crippen molar-refractivity contribution < 1.29 is 9.53 Å². The largest absolute Gasteiger partial charge is 0.497 e. The smallest absolute Gasteiger partial charge is 0.322 e. The Kier molecular flexibility index (Phi) is 5.84. The summed E-state index contributed by atoms with van der Waals surface area (Å²) in [6.45, 7) is 4.66. The number of hydrogen-bond acceptors (Lipinski definition) is 3. The summed E-state index contributed by atoms with van der Waals surface area (Å²) in [4.78, 5) is 17.6. The van der Waals surface area contributed by atoms with E-state index in [4.69, 9.17) is 4.74 Å². The standard InChI is InChI=1S/C30H31N3O2S/c1-19-13-14-20(2)25(16-19)31-30(34)33-18-24-23-10-4-5-12-27(23)36-29(24)32-15-7-11-26(32)28(33)21-8-6-9-22(17-21)35-3/h6-9,11,13-17,28H,4-5,10,12,18H2,1-3H3,(H,31,34)/t28-/m1/s1. The lowest BCUT2D eigenvalue weighted by atomic mass is 9.95. The lowest BCUT2D eigenvalue weighted by Crippen LogP contribution is -2.38. The number of nitrogens with zero attached hydrogens (tertiary/aromatic N) is 2. The molecule has 2 amide bonds. The number of hydrogen-bond donors (Lipinski definition) is 1. The predicted molar refractivity (Wildman–Crippen MR) is 146 cm³/mol. The van der Waals surface area contributed by atoms with Gasteiger partial charge in [0.15, 0.2) is 0 Å². The lowest BCUT2D eigenvalue weighted by Gasteiger charge is -2.32. The monoisotopic (exact) mass is 497 g/mol. The molecular formula is C30H31N3O2S. The maximum atomic E-state index is 14.1. The molecule has 0 spiro atoms. The Morgan fingerprint density at radius 3 is 2.75 bits per heavy atom. The van der Waals surface area contributed by atoms with Crippen LogP contribution in [0.15, 0.2) is 60.8 Å². The molecule has 184 valence electrons. The van der Waals surface area contributed by atoms with Crippen molar-refractivity contribution in [1.82, 2.24) is 9.47 Å². The molecule has 6 heteroatoms. The topological polar surface area (TPSA) is 46.5 Å². The number of benzene rings is 2. The van der Waals surface area contributed by atoms with E-state index in [0.717, 1.165) is 46.7 Å². The van der Waals surface area contributed by atoms with Crippen molar-refractivity contribution in [2.24, 2.45) is 0 Å². The molecule has 0 saturated carbocycles. The van der Waals surface area contributed by atoms with E-state index in [1.165, 1.54) is 33.8 Å². The maximum Gasteiger partial charge on any atom is 0.322 e. The molecule has 1 aliphatic carbocycles. The first-order chi connectivity index (χ1) is 17.5. The third-order valence-corrected chi connectivity index (χ3v) is 8.82. The van der Waals surface area contributed by atoms with Gasteiger partial charge >= 0.3 is 6.03 Å². The summed E-state index contributed by atoms with van der Waals surface area (Å²) in [5, 5.41) is 4.51. The van der Waals surface area contributed by atoms with Crippen molar-refractivity contribution in [3.05, 3.63) is 99.2 Å². The van der Waals surface area contributed by atoms with E-state index in [0.29, 0.717) is 6.54 Å². The highest BCUT2D eigenvalue weighted by molar-refractivity contribution is 7.15. The molecule has 0 radical (unpaired) electrons. The molecule has 0 fully saturated rings. The number of carbonyl (C=O) groups is 1. The molecule has 0 bridgehead atoms. The molecular weight excluding hydrogens is 466 g/mol. The van der Waals surface area contributed by atoms with E-state index in [-0.39, 0.29) is 12.1 Å². The number of nitrogens with one attached hydrogen (secondary N) is 1. The van der Waals surface area contributed by atoms with Gasteiger partial charge in [-0.3, -0.25) is 0 Å². The number of aryl methyl sites for hydroxylation is 3. The first kappa shape index (κ1) is 22.9. The third kappa shape index (κ3) is 3.90. The van der Waals surface area contributed by atoms with Crippen LogP contribution >= 0.6 is 11.3 Å². The SMILES string of the molecule is COc1cccc([C@@H]2c3cccn3-c3sc4c(c3CN2C(=O)Nc2cc(C)ccc2C)CCCC4)c1. The summed E-state index contributed by atoms with van der Waals surface area (Å²) < 4.78 is 7.88. The van der Waals surface area contributed by atoms with Gasteiger partial charge in [0.1, 0.15) is 10.8 Å². The Bertz CT molecular complexity index is 1450. The zero-order valence-corrected chi connectivity index (χ0v) is 21.8. The molecule has 4 aromatic rings. The molecule has 36 heavy (non-hydrogen) atoms. The Morgan fingerprint density at radius 2 is 1.89 bits per heavy atom. The van der Waals surface area contributed by atoms with Crippen LogP contribution in [-0.2, 0) is 19.4 Å². The molecule has 0 saturated heterocycles. The summed E-state index contributed by atoms with van der Waals surface area (Å²) in [7, 11) is 1.68. The predicted octanol–water partition coefficient (Wildman–Crippen LogP) is 7.18. The van der Waals surface area contributed by atoms with Gasteiger partial charge in [-0.05, 0) is 92.1 Å². The van der Waals surface area contributed by atoms with Crippen LogP contribution in [0.25, 0.3) is 5.00 Å². The third-order valence-electron chi connectivity index (χ3n) is 7.48. The Labute approximate surface area is 216 Å². The van der Waals surface area contributed by atoms with Crippen LogP contribution in [0.2, 0.25) is 0 Å². The summed E-state index contributed by atoms with van der Waals surface area (Å²) >= 11 is 1.91. The van der Waals surface area contributed by atoms with Gasteiger partial charge in [-0.15, -0.1) is 11.3 Å². The first-order valence-corrected chi connectivity index (χ1v) is 13.4. The molecule has 6 rings (SSSR count). The molecule has 0 unspecified atom stereocenters. The first-order valence-electron chi connectivity index (χ1n) is 12.6. The van der Waals surface area contributed by atoms with Gasteiger partial charge in [-0.1, -0.05) is 24.3 Å². The summed E-state index contributed by atoms with van der Waals surface area (Å²) in [5.74, 6) is 0.789. The number of anilines is 1. The van der Waals surface area contributed by atoms with Gasteiger partial charge < -0.3 is 19.5 Å². The van der Waals surface area contributed by atoms with Crippen LogP contribution < -0.4 is 10.1 Å². The maximum absolute atomic E-state index is 14.1. The molecule has 1 atom stereocenters. The molecule has 1 aliphatic heterocycles. The van der Waals surface area contributed by atoms with Gasteiger partial charge in [0, 0.05) is 22.3 Å². The summed E-state index contributed by atoms with van der Waals surface area (Å²) in [6.07, 6.45) is 6.83. The average molecular weight is 498 g/mol. The van der Waals surface area contributed by atoms with E-state index in [2.05, 4.69) is 59.4 Å². The van der Waals surface area contributed by atoms with E-state index in [9.17, 15) is 4.79 Å². The fourth-order valence-corrected chi connectivity index (χ4v) is 7.01. The lowest BCUT2D eigenvalue weighted by molar-refractivity contribution is 0.194. The van der Waals surface area contributed by atoms with Gasteiger partial charge in [0.2, 0.25) is 0 Å². The van der Waals surface area contributed by atoms with Crippen LogP contribution in [0.3, 0.4) is 0 Å². The highest BCUT2D eigenvalue weighted by atomic mass is 32.1. The minimum atomic E-state index is -0.251. The number of carbonyl (C=O) groups excluding carboxylic acids is 1. The fourth-order valence-electron chi connectivity index (χ4n) is 5.61. The second-order valence-electron chi connectivity index (χ2n) is 9.85. The zero-order chi connectivity index (χ0) is 24.8. The number of amides is 2. The highest BCUT2D eigenvalue weighted by Crippen LogP contribution is 2.44. The zero-order valence-electron chi connectivity index (χ0n) is 21.0. The van der Waals surface area contributed by atoms with E-state index in [1.54, 1.807) is 7.11 Å². The number of aromatic nitrogens is 1. The van der Waals surface area contributed by atoms with Crippen LogP contribution in [0.5, 0.6) is 5.75 Å². The van der Waals surface area contributed by atoms with Gasteiger partial charge in [0.25, 0.3) is 0 Å². The molecule has 3 heterocycles. The fraction of sp³-hybridized carbons (Fsp3) is 0.300. The van der Waals surface area contributed by atoms with Crippen molar-refractivity contribution in [1.29, 1.82) is 0 Å². The second-order valence-corrected chi connectivity index (χ2v) is 10.9. The van der Waals surface area contributed by atoms with Crippen molar-refractivity contribution in [3.63, 3.8) is 0 Å². The second kappa shape index (κ2) is 9.17. The van der Waals surface area contributed by atoms with Gasteiger partial charge in [0.05, 0.1) is 25.4 Å². The molecule has 2 aliphatic rings. The number of thiophene rings is 1. The quantitative estimate of drug-likeness (QED) is 0.326. The minimum Gasteiger partial charge on any atom is -0.497 e. The van der Waals surface area contributed by atoms with E-state index >= 15 is 0 Å². The van der Waals surface area contributed by atoms with E-state index < -0.39 is 0 Å². The van der Waals surface area contributed by atoms with Crippen molar-refractivity contribution in [2.45, 2.75) is 52.1 Å². The van der Waals surface area contributed by atoms with Gasteiger partial charge in [-0.2, -0.15) is 0 Å². The van der Waals surface area contributed by atoms with Gasteiger partial charge in [-0.25, -0.2) is 4.79 Å². The number of rotatable bonds is 3. The number of methoxy groups -OCH3 is 1. The summed E-state index contributed by atoms with van der Waals surface area (Å²) in [6, 6.07) is 18.2. The van der Waals surface area contributed by atoms with Crippen LogP contribution in [0, 0.1) is 13.8 Å². The van der Waals surface area contributed by atoms with E-state index in [1.807, 2.05) is 41.4 Å². The Morgan fingerprint density at radius 1 is 1.03 bits per heavy atom. The van der Waals surface area contributed by atoms with Crippen LogP contribution in [0.1, 0.15) is 57.3 Å². The Hall–Kier alpha value is -3.51. The molecule has 5 nitrogen and oxygen atoms in total. The summed E-state index contributed by atoms with van der Waals surface area (Å²) in [5.41, 5.74) is 7.92. The van der Waals surface area contributed by atoms with Crippen molar-refractivity contribution in [2.75, 3.05) is 12.4 Å². The van der Waals surface area contributed by atoms with Crippen molar-refractivity contribution in [3.8, 4) is 10.8 Å². The molecule has 1 N–H and O–H groups in total. The molecule has 2 aromatic carbocycles. The van der Waals surface area contributed by atoms with Crippen molar-refractivity contribution >= 4 is 23.1 Å². The normalized spacial score (nSPS) is 16.5. The van der Waals surface area contributed by atoms with Crippen LogP contribution in [0.4, 0.5) is 10.5 Å². The van der Waals surface area contributed by atoms with Crippen LogP contribution in [-0.4, -0.2) is 22.6 Å². The Balaban J connectivity index is 1.51. The minimum absolute atomic E-state index is 0.0899. The number of ether oxygens (including phenoxy) is 1.